The summed E-state index contributed by atoms with van der Waals surface area (Å²) in [5.41, 5.74) is 1.45. The maximum atomic E-state index is 13.9. The summed E-state index contributed by atoms with van der Waals surface area (Å²) in [7, 11) is 0. The van der Waals surface area contributed by atoms with Crippen LogP contribution in [-0.4, -0.2) is 49.4 Å². The maximum absolute atomic E-state index is 13.9. The molecular weight excluding hydrogens is 364 g/mol. The molecule has 7 heteroatoms. The summed E-state index contributed by atoms with van der Waals surface area (Å²) in [4.78, 5) is 27.9. The van der Waals surface area contributed by atoms with E-state index in [-0.39, 0.29) is 29.9 Å². The van der Waals surface area contributed by atoms with Crippen LogP contribution in [0, 0.1) is 11.6 Å². The molecular formula is C21H23F2N3O2. The number of halogens is 2. The Labute approximate surface area is 162 Å². The molecule has 0 atom stereocenters. The zero-order valence-electron chi connectivity index (χ0n) is 15.5. The summed E-state index contributed by atoms with van der Waals surface area (Å²) < 4.78 is 26.7. The summed E-state index contributed by atoms with van der Waals surface area (Å²) >= 11 is 0. The second kappa shape index (κ2) is 9.30. The van der Waals surface area contributed by atoms with Crippen LogP contribution in [0.5, 0.6) is 0 Å². The number of hydrogen-bond acceptors (Lipinski definition) is 3. The van der Waals surface area contributed by atoms with Crippen molar-refractivity contribution >= 4 is 17.5 Å². The Morgan fingerprint density at radius 2 is 1.61 bits per heavy atom. The van der Waals surface area contributed by atoms with Gasteiger partial charge in [0.15, 0.2) is 0 Å². The molecule has 0 saturated carbocycles. The molecule has 0 unspecified atom stereocenters. The van der Waals surface area contributed by atoms with Crippen LogP contribution in [0.1, 0.15) is 12.0 Å². The number of rotatable bonds is 6. The fraction of sp³-hybridized carbons (Fsp3) is 0.333. The van der Waals surface area contributed by atoms with Crippen LogP contribution in [-0.2, 0) is 16.0 Å². The van der Waals surface area contributed by atoms with Gasteiger partial charge < -0.3 is 15.1 Å². The number of carbonyl (C=O) groups is 2. The standard InChI is InChI=1S/C21H23F2N3O2/c22-17-7-5-16(6-8-17)9-10-24-20(27)15-21(28)26-13-11-25(12-14-26)19-4-2-1-3-18(19)23/h1-8H,9-15H2,(H,24,27). The van der Waals surface area contributed by atoms with Gasteiger partial charge in [0.05, 0.1) is 5.69 Å². The molecule has 0 aromatic heterocycles. The molecule has 1 N–H and O–H groups in total. The summed E-state index contributed by atoms with van der Waals surface area (Å²) in [6, 6.07) is 12.7. The molecule has 2 amide bonds. The average Bonchev–Trinajstić information content (AvgIpc) is 2.70. The van der Waals surface area contributed by atoms with Crippen molar-refractivity contribution in [2.45, 2.75) is 12.8 Å². The van der Waals surface area contributed by atoms with E-state index in [2.05, 4.69) is 5.32 Å². The first-order valence-electron chi connectivity index (χ1n) is 9.31. The zero-order valence-corrected chi connectivity index (χ0v) is 15.5. The Morgan fingerprint density at radius 3 is 2.29 bits per heavy atom. The van der Waals surface area contributed by atoms with E-state index in [1.54, 1.807) is 35.2 Å². The van der Waals surface area contributed by atoms with E-state index in [4.69, 9.17) is 0 Å². The Bertz CT molecular complexity index is 819. The summed E-state index contributed by atoms with van der Waals surface area (Å²) in [5.74, 6) is -1.13. The van der Waals surface area contributed by atoms with Crippen molar-refractivity contribution in [3.8, 4) is 0 Å². The largest absolute Gasteiger partial charge is 0.366 e. The van der Waals surface area contributed by atoms with Crippen LogP contribution in [0.3, 0.4) is 0 Å². The predicted octanol–water partition coefficient (Wildman–Crippen LogP) is 2.36. The number of nitrogens with zero attached hydrogens (tertiary/aromatic N) is 2. The van der Waals surface area contributed by atoms with Gasteiger partial charge in [0.1, 0.15) is 18.1 Å². The quantitative estimate of drug-likeness (QED) is 0.775. The maximum Gasteiger partial charge on any atom is 0.232 e. The van der Waals surface area contributed by atoms with Gasteiger partial charge in [0, 0.05) is 32.7 Å². The third-order valence-corrected chi connectivity index (χ3v) is 4.79. The second-order valence-electron chi connectivity index (χ2n) is 6.72. The fourth-order valence-electron chi connectivity index (χ4n) is 3.21. The Balaban J connectivity index is 1.39. The molecule has 1 fully saturated rings. The predicted molar refractivity (Wildman–Crippen MR) is 103 cm³/mol. The van der Waals surface area contributed by atoms with Gasteiger partial charge in [-0.05, 0) is 36.2 Å². The van der Waals surface area contributed by atoms with Crippen molar-refractivity contribution in [2.24, 2.45) is 0 Å². The lowest BCUT2D eigenvalue weighted by Gasteiger charge is -2.36. The van der Waals surface area contributed by atoms with Crippen molar-refractivity contribution in [1.29, 1.82) is 0 Å². The summed E-state index contributed by atoms with van der Waals surface area (Å²) in [5, 5.41) is 2.72. The highest BCUT2D eigenvalue weighted by molar-refractivity contribution is 5.97. The van der Waals surface area contributed by atoms with E-state index in [0.717, 1.165) is 5.56 Å². The van der Waals surface area contributed by atoms with Gasteiger partial charge >= 0.3 is 0 Å². The van der Waals surface area contributed by atoms with Gasteiger partial charge in [-0.3, -0.25) is 9.59 Å². The molecule has 2 aromatic rings. The van der Waals surface area contributed by atoms with Gasteiger partial charge in [-0.1, -0.05) is 24.3 Å². The molecule has 5 nitrogen and oxygen atoms in total. The van der Waals surface area contributed by atoms with Crippen molar-refractivity contribution in [3.05, 3.63) is 65.7 Å². The number of hydrogen-bond donors (Lipinski definition) is 1. The lowest BCUT2D eigenvalue weighted by atomic mass is 10.1. The van der Waals surface area contributed by atoms with E-state index in [9.17, 15) is 18.4 Å². The minimum Gasteiger partial charge on any atom is -0.366 e. The number of benzene rings is 2. The van der Waals surface area contributed by atoms with Crippen molar-refractivity contribution < 1.29 is 18.4 Å². The smallest absolute Gasteiger partial charge is 0.232 e. The molecule has 3 rings (SSSR count). The first kappa shape index (κ1) is 19.8. The first-order chi connectivity index (χ1) is 13.5. The molecule has 0 spiro atoms. The lowest BCUT2D eigenvalue weighted by molar-refractivity contribution is -0.136. The van der Waals surface area contributed by atoms with Gasteiger partial charge in [-0.2, -0.15) is 0 Å². The molecule has 148 valence electrons. The number of anilines is 1. The number of amides is 2. The lowest BCUT2D eigenvalue weighted by Crippen LogP contribution is -2.49. The number of piperazine rings is 1. The molecule has 2 aromatic carbocycles. The van der Waals surface area contributed by atoms with Crippen LogP contribution < -0.4 is 10.2 Å². The zero-order chi connectivity index (χ0) is 19.9. The van der Waals surface area contributed by atoms with Crippen molar-refractivity contribution in [1.82, 2.24) is 10.2 Å². The number of nitrogens with one attached hydrogen (secondary N) is 1. The van der Waals surface area contributed by atoms with Crippen LogP contribution >= 0.6 is 0 Å². The number of para-hydroxylation sites is 1. The Hall–Kier alpha value is -2.96. The monoisotopic (exact) mass is 387 g/mol. The third kappa shape index (κ3) is 5.28. The van der Waals surface area contributed by atoms with Gasteiger partial charge in [0.25, 0.3) is 0 Å². The van der Waals surface area contributed by atoms with Crippen molar-refractivity contribution in [2.75, 3.05) is 37.6 Å². The normalized spacial score (nSPS) is 14.1. The van der Waals surface area contributed by atoms with Crippen LogP contribution in [0.25, 0.3) is 0 Å². The average molecular weight is 387 g/mol. The highest BCUT2D eigenvalue weighted by atomic mass is 19.1. The minimum atomic E-state index is -0.330. The summed E-state index contributed by atoms with van der Waals surface area (Å²) in [6.45, 7) is 2.35. The van der Waals surface area contributed by atoms with E-state index in [1.165, 1.54) is 18.2 Å². The number of carbonyl (C=O) groups excluding carboxylic acids is 2. The van der Waals surface area contributed by atoms with Crippen molar-refractivity contribution in [3.63, 3.8) is 0 Å². The van der Waals surface area contributed by atoms with Gasteiger partial charge in [0.2, 0.25) is 11.8 Å². The van der Waals surface area contributed by atoms with E-state index < -0.39 is 0 Å². The third-order valence-electron chi connectivity index (χ3n) is 4.79. The minimum absolute atomic E-state index is 0.205. The van der Waals surface area contributed by atoms with Gasteiger partial charge in [-0.15, -0.1) is 0 Å². The first-order valence-corrected chi connectivity index (χ1v) is 9.31. The molecule has 28 heavy (non-hydrogen) atoms. The highest BCUT2D eigenvalue weighted by Crippen LogP contribution is 2.20. The summed E-state index contributed by atoms with van der Waals surface area (Å²) in [6.07, 6.45) is 0.366. The molecule has 0 aliphatic carbocycles. The molecule has 1 saturated heterocycles. The fourth-order valence-corrected chi connectivity index (χ4v) is 3.21. The SMILES string of the molecule is O=C(CC(=O)N1CCN(c2ccccc2F)CC1)NCCc1ccc(F)cc1. The van der Waals surface area contributed by atoms with E-state index in [0.29, 0.717) is 44.8 Å². The van der Waals surface area contributed by atoms with E-state index in [1.807, 2.05) is 4.90 Å². The van der Waals surface area contributed by atoms with Gasteiger partial charge in [-0.25, -0.2) is 8.78 Å². The molecule has 1 aliphatic heterocycles. The molecule has 1 aliphatic rings. The molecule has 1 heterocycles. The molecule has 0 radical (unpaired) electrons. The van der Waals surface area contributed by atoms with Crippen LogP contribution in [0.15, 0.2) is 48.5 Å². The molecule has 0 bridgehead atoms. The van der Waals surface area contributed by atoms with E-state index >= 15 is 0 Å². The highest BCUT2D eigenvalue weighted by Gasteiger charge is 2.23. The second-order valence-corrected chi connectivity index (χ2v) is 6.72. The van der Waals surface area contributed by atoms with Crippen LogP contribution in [0.2, 0.25) is 0 Å². The van der Waals surface area contributed by atoms with Crippen LogP contribution in [0.4, 0.5) is 14.5 Å². The Morgan fingerprint density at radius 1 is 0.929 bits per heavy atom. The topological polar surface area (TPSA) is 52.7 Å². The Kier molecular flexibility index (Phi) is 6.57.